The lowest BCUT2D eigenvalue weighted by atomic mass is 10.1. The molecule has 0 saturated heterocycles. The first-order chi connectivity index (χ1) is 33.6. The van der Waals surface area contributed by atoms with Crippen LogP contribution in [-0.4, -0.2) is 97.0 Å². The molecule has 0 radical (unpaired) electrons. The van der Waals surface area contributed by atoms with Crippen LogP contribution in [0.3, 0.4) is 0 Å². The molecule has 1 amide bonds. The topological polar surface area (TPSA) is 178 Å². The van der Waals surface area contributed by atoms with E-state index in [1.165, 1.54) is 14.2 Å². The Morgan fingerprint density at radius 1 is 0.620 bits per heavy atom. The highest BCUT2D eigenvalue weighted by Crippen LogP contribution is 2.38. The fraction of sp³-hybridized carbons (Fsp3) is 0.358. The van der Waals surface area contributed by atoms with Gasteiger partial charge >= 0.3 is 0 Å². The van der Waals surface area contributed by atoms with E-state index in [0.29, 0.717) is 42.8 Å². The van der Waals surface area contributed by atoms with Gasteiger partial charge in [-0.2, -0.15) is 10.2 Å². The number of carbonyl (C=O) groups excluding carboxylic acids is 2. The second-order valence-corrected chi connectivity index (χ2v) is 30.0. The zero-order valence-electron chi connectivity index (χ0n) is 43.2. The normalized spacial score (nSPS) is 12.2. The van der Waals surface area contributed by atoms with Crippen LogP contribution in [0.4, 0.5) is 0 Å². The van der Waals surface area contributed by atoms with Crippen molar-refractivity contribution in [2.45, 2.75) is 111 Å². The molecule has 0 spiro atoms. The molecule has 0 unspecified atom stereocenters. The van der Waals surface area contributed by atoms with Crippen LogP contribution in [0.5, 0.6) is 0 Å². The van der Waals surface area contributed by atoms with Crippen molar-refractivity contribution in [1.29, 1.82) is 0 Å². The molecule has 0 aliphatic rings. The molecule has 0 bridgehead atoms. The Balaban J connectivity index is 0.000000209. The van der Waals surface area contributed by atoms with Crippen LogP contribution in [0.1, 0.15) is 93.7 Å². The van der Waals surface area contributed by atoms with E-state index in [-0.39, 0.29) is 27.5 Å². The molecule has 370 valence electrons. The van der Waals surface area contributed by atoms with Crippen LogP contribution in [0, 0.1) is 0 Å². The maximum atomic E-state index is 12.5. The number of rotatable bonds is 15. The van der Waals surface area contributed by atoms with E-state index in [0.717, 1.165) is 61.6 Å². The summed E-state index contributed by atoms with van der Waals surface area (Å²) >= 11 is 0. The molecule has 6 heterocycles. The van der Waals surface area contributed by atoms with Gasteiger partial charge in [-0.1, -0.05) is 84.9 Å². The van der Waals surface area contributed by atoms with Gasteiger partial charge in [0.2, 0.25) is 0 Å². The van der Waals surface area contributed by atoms with E-state index < -0.39 is 16.6 Å². The third-order valence-corrected chi connectivity index (χ3v) is 22.3. The van der Waals surface area contributed by atoms with Crippen LogP contribution >= 0.6 is 0 Å². The minimum absolute atomic E-state index is 0.0307. The summed E-state index contributed by atoms with van der Waals surface area (Å²) in [7, 11) is -0.809. The van der Waals surface area contributed by atoms with Crippen molar-refractivity contribution in [3.63, 3.8) is 0 Å². The Bertz CT molecular complexity index is 3180. The summed E-state index contributed by atoms with van der Waals surface area (Å²) in [5.41, 5.74) is 5.75. The lowest BCUT2D eigenvalue weighted by Gasteiger charge is -2.36. The summed E-state index contributed by atoms with van der Waals surface area (Å²) in [5, 5.41) is 12.5. The number of aromatic nitrogens is 10. The molecular weight excluding hydrogens is 927 g/mol. The Morgan fingerprint density at radius 3 is 1.51 bits per heavy atom. The predicted molar refractivity (Wildman–Crippen MR) is 282 cm³/mol. The van der Waals surface area contributed by atoms with Gasteiger partial charge in [-0.15, -0.1) is 0 Å². The third-order valence-electron chi connectivity index (χ3n) is 13.3. The highest BCUT2D eigenvalue weighted by atomic mass is 28.4. The Kier molecular flexibility index (Phi) is 15.7. The fourth-order valence-corrected chi connectivity index (χ4v) is 8.71. The number of fused-ring (bicyclic) bond motifs is 2. The van der Waals surface area contributed by atoms with Crippen molar-refractivity contribution >= 4 is 50.1 Å². The second kappa shape index (κ2) is 21.3. The molecular formula is C53H65N11O5Si2. The number of hydrogen-bond donors (Lipinski definition) is 0. The number of benzene rings is 2. The molecule has 71 heavy (non-hydrogen) atoms. The molecule has 16 nitrogen and oxygen atoms in total. The zero-order valence-corrected chi connectivity index (χ0v) is 45.2. The van der Waals surface area contributed by atoms with Gasteiger partial charge in [0.05, 0.1) is 55.1 Å². The van der Waals surface area contributed by atoms with Gasteiger partial charge in [0.1, 0.15) is 11.4 Å². The van der Waals surface area contributed by atoms with Gasteiger partial charge in [-0.25, -0.2) is 44.3 Å². The van der Waals surface area contributed by atoms with Crippen molar-refractivity contribution in [2.75, 3.05) is 14.2 Å². The number of ketones is 1. The number of carbonyl (C=O) groups is 2. The largest absolute Gasteiger partial charge is 0.411 e. The van der Waals surface area contributed by atoms with Gasteiger partial charge in [0.25, 0.3) is 5.91 Å². The molecule has 0 atom stereocenters. The van der Waals surface area contributed by atoms with Crippen LogP contribution in [0.15, 0.2) is 110 Å². The van der Waals surface area contributed by atoms with E-state index in [4.69, 9.17) is 23.7 Å². The molecule has 18 heteroatoms. The van der Waals surface area contributed by atoms with Gasteiger partial charge in [-0.05, 0) is 91.2 Å². The van der Waals surface area contributed by atoms with Crippen LogP contribution in [-0.2, 0) is 26.9 Å². The second-order valence-electron chi connectivity index (χ2n) is 20.4. The van der Waals surface area contributed by atoms with E-state index >= 15 is 0 Å². The van der Waals surface area contributed by atoms with Crippen LogP contribution in [0.25, 0.3) is 56.2 Å². The molecule has 2 aromatic carbocycles. The number of hydrogen-bond acceptors (Lipinski definition) is 13. The third kappa shape index (κ3) is 12.1. The average molecular weight is 992 g/mol. The monoisotopic (exact) mass is 991 g/mol. The first kappa shape index (κ1) is 52.1. The number of amides is 1. The average Bonchev–Trinajstić information content (AvgIpc) is 3.99. The molecule has 0 aliphatic heterocycles. The fourth-order valence-electron chi connectivity index (χ4n) is 6.82. The Labute approximate surface area is 418 Å². The van der Waals surface area contributed by atoms with E-state index in [1.807, 2.05) is 90.6 Å². The van der Waals surface area contributed by atoms with Crippen molar-refractivity contribution in [2.24, 2.45) is 0 Å². The Hall–Kier alpha value is -6.71. The SMILES string of the molecule is CCCC(=O)c1ccnc(-c2ccc3cnn(-c4cccc(CO[Si](C)(C)C(C)(C)C)n4)c3c2)n1.CON(C)C(=O)c1ccnc(-c2ccc3cnn(-c4cccc(CO[Si](C)(C)C(C)(C)C)n4)c3c2)n1. The standard InChI is InChI=1S/C27H33N5O2Si.C26H32N6O3Si/c1-7-9-24(33)22-14-15-28-26(31-22)19-12-13-20-17-29-32(23(20)16-19)25-11-8-10-21(30-25)18-34-35(5,6)27(2,3)4;1-26(2,3)36(6,7)35-17-20-9-8-10-23(29-20)32-22-15-18(11-12-19(22)16-28-32)24-27-14-13-21(30-24)25(33)31(4)34-5/h8,10-17H,7,9,18H2,1-6H3;8-16H,17H2,1-7H3. The summed E-state index contributed by atoms with van der Waals surface area (Å²) in [6.45, 7) is 25.2. The molecule has 0 N–H and O–H groups in total. The van der Waals surface area contributed by atoms with E-state index in [9.17, 15) is 9.59 Å². The number of hydroxylamine groups is 2. The summed E-state index contributed by atoms with van der Waals surface area (Å²) in [6.07, 6.45) is 8.09. The van der Waals surface area contributed by atoms with Crippen LogP contribution < -0.4 is 0 Å². The smallest absolute Gasteiger partial charge is 0.295 e. The maximum absolute atomic E-state index is 12.5. The molecule has 0 aliphatic carbocycles. The van der Waals surface area contributed by atoms with Gasteiger partial charge in [0.15, 0.2) is 45.7 Å². The van der Waals surface area contributed by atoms with Crippen molar-refractivity contribution in [3.8, 4) is 34.4 Å². The summed E-state index contributed by atoms with van der Waals surface area (Å²) in [6, 6.07) is 26.8. The van der Waals surface area contributed by atoms with Gasteiger partial charge in [0, 0.05) is 47.8 Å². The molecule has 8 rings (SSSR count). The summed E-state index contributed by atoms with van der Waals surface area (Å²) in [5.74, 6) is 2.05. The summed E-state index contributed by atoms with van der Waals surface area (Å²) in [4.78, 5) is 57.2. The van der Waals surface area contributed by atoms with E-state index in [1.54, 1.807) is 35.4 Å². The highest BCUT2D eigenvalue weighted by Gasteiger charge is 2.38. The number of pyridine rings is 2. The predicted octanol–water partition coefficient (Wildman–Crippen LogP) is 11.4. The lowest BCUT2D eigenvalue weighted by Crippen LogP contribution is -2.40. The van der Waals surface area contributed by atoms with Crippen molar-refractivity contribution in [3.05, 3.63) is 132 Å². The lowest BCUT2D eigenvalue weighted by molar-refractivity contribution is -0.0760. The minimum atomic E-state index is -1.89. The molecule has 0 fully saturated rings. The first-order valence-corrected chi connectivity index (χ1v) is 29.6. The number of nitrogens with zero attached hydrogens (tertiary/aromatic N) is 11. The maximum Gasteiger partial charge on any atom is 0.295 e. The zero-order chi connectivity index (χ0) is 51.3. The number of Topliss-reactive ketones (excluding diaryl/α,β-unsaturated/α-hetero) is 1. The van der Waals surface area contributed by atoms with Gasteiger partial charge in [-0.3, -0.25) is 14.4 Å². The Morgan fingerprint density at radius 2 is 1.07 bits per heavy atom. The summed E-state index contributed by atoms with van der Waals surface area (Å²) < 4.78 is 16.3. The first-order valence-electron chi connectivity index (χ1n) is 23.8. The minimum Gasteiger partial charge on any atom is -0.411 e. The highest BCUT2D eigenvalue weighted by molar-refractivity contribution is 6.74. The van der Waals surface area contributed by atoms with Crippen molar-refractivity contribution in [1.82, 2.24) is 54.5 Å². The van der Waals surface area contributed by atoms with Crippen LogP contribution in [0.2, 0.25) is 36.3 Å². The van der Waals surface area contributed by atoms with E-state index in [2.05, 4.69) is 97.9 Å². The van der Waals surface area contributed by atoms with Crippen molar-refractivity contribution < 1.29 is 23.3 Å². The molecule has 8 aromatic rings. The molecule has 6 aromatic heterocycles. The van der Waals surface area contributed by atoms with Gasteiger partial charge < -0.3 is 8.85 Å². The molecule has 0 saturated carbocycles. The quantitative estimate of drug-likeness (QED) is 0.0539.